The van der Waals surface area contributed by atoms with Gasteiger partial charge in [0.2, 0.25) is 5.91 Å². The average Bonchev–Trinajstić information content (AvgIpc) is 2.76. The summed E-state index contributed by atoms with van der Waals surface area (Å²) >= 11 is 0. The maximum absolute atomic E-state index is 10.9. The highest BCUT2D eigenvalue weighted by Gasteiger charge is 2.19. The molecule has 0 aromatic rings. The normalized spacial score (nSPS) is 21.2. The first-order valence-corrected chi connectivity index (χ1v) is 6.48. The van der Waals surface area contributed by atoms with Crippen LogP contribution in [0.1, 0.15) is 45.4 Å². The molecule has 0 aromatic carbocycles. The molecule has 1 heterocycles. The third kappa shape index (κ3) is 4.94. The van der Waals surface area contributed by atoms with Gasteiger partial charge in [0.15, 0.2) is 0 Å². The summed E-state index contributed by atoms with van der Waals surface area (Å²) in [6.07, 6.45) is 6.52. The average molecular weight is 227 g/mol. The fourth-order valence-corrected chi connectivity index (χ4v) is 2.32. The molecule has 0 aromatic heterocycles. The first-order chi connectivity index (χ1) is 7.76. The molecule has 4 nitrogen and oxygen atoms in total. The number of hydrazine groups is 1. The number of amides is 1. The fourth-order valence-electron chi connectivity index (χ4n) is 2.32. The monoisotopic (exact) mass is 227 g/mol. The van der Waals surface area contributed by atoms with Gasteiger partial charge in [-0.1, -0.05) is 19.8 Å². The SMILES string of the molecule is CCC1CCN(CCCCCC(=O)NN)C1. The highest BCUT2D eigenvalue weighted by molar-refractivity contribution is 5.74. The summed E-state index contributed by atoms with van der Waals surface area (Å²) < 4.78 is 0. The minimum absolute atomic E-state index is 0.0489. The number of carbonyl (C=O) groups excluding carboxylic acids is 1. The lowest BCUT2D eigenvalue weighted by molar-refractivity contribution is -0.121. The van der Waals surface area contributed by atoms with E-state index in [-0.39, 0.29) is 5.91 Å². The van der Waals surface area contributed by atoms with Gasteiger partial charge in [0.05, 0.1) is 0 Å². The van der Waals surface area contributed by atoms with Gasteiger partial charge in [-0.3, -0.25) is 10.2 Å². The second kappa shape index (κ2) is 7.63. The number of rotatable bonds is 7. The highest BCUT2D eigenvalue weighted by atomic mass is 16.2. The van der Waals surface area contributed by atoms with Gasteiger partial charge in [-0.2, -0.15) is 0 Å². The number of carbonyl (C=O) groups is 1. The zero-order valence-corrected chi connectivity index (χ0v) is 10.4. The van der Waals surface area contributed by atoms with Crippen molar-refractivity contribution in [3.8, 4) is 0 Å². The summed E-state index contributed by atoms with van der Waals surface area (Å²) in [5.41, 5.74) is 2.16. The molecule has 94 valence electrons. The molecule has 3 N–H and O–H groups in total. The first kappa shape index (κ1) is 13.5. The van der Waals surface area contributed by atoms with E-state index in [4.69, 9.17) is 5.84 Å². The molecular weight excluding hydrogens is 202 g/mol. The van der Waals surface area contributed by atoms with E-state index in [1.54, 1.807) is 0 Å². The molecule has 1 saturated heterocycles. The summed E-state index contributed by atoms with van der Waals surface area (Å²) in [6, 6.07) is 0. The topological polar surface area (TPSA) is 58.4 Å². The van der Waals surface area contributed by atoms with Gasteiger partial charge in [0.25, 0.3) is 0 Å². The van der Waals surface area contributed by atoms with Gasteiger partial charge in [-0.05, 0) is 38.3 Å². The molecule has 1 amide bonds. The fraction of sp³-hybridized carbons (Fsp3) is 0.917. The lowest BCUT2D eigenvalue weighted by atomic mass is 10.1. The van der Waals surface area contributed by atoms with Gasteiger partial charge in [0.1, 0.15) is 0 Å². The molecule has 0 bridgehead atoms. The minimum Gasteiger partial charge on any atom is -0.303 e. The van der Waals surface area contributed by atoms with E-state index < -0.39 is 0 Å². The van der Waals surface area contributed by atoms with Gasteiger partial charge < -0.3 is 4.90 Å². The summed E-state index contributed by atoms with van der Waals surface area (Å²) in [6.45, 7) is 6.02. The van der Waals surface area contributed by atoms with Gasteiger partial charge in [0, 0.05) is 13.0 Å². The van der Waals surface area contributed by atoms with Crippen LogP contribution >= 0.6 is 0 Å². The Balaban J connectivity index is 1.94. The summed E-state index contributed by atoms with van der Waals surface area (Å²) in [5.74, 6) is 5.88. The molecule has 4 heteroatoms. The van der Waals surface area contributed by atoms with Gasteiger partial charge in [-0.15, -0.1) is 0 Å². The van der Waals surface area contributed by atoms with Crippen molar-refractivity contribution in [2.45, 2.75) is 45.4 Å². The molecule has 0 saturated carbocycles. The molecule has 1 rings (SSSR count). The van der Waals surface area contributed by atoms with Crippen LogP contribution in [0.15, 0.2) is 0 Å². The largest absolute Gasteiger partial charge is 0.303 e. The lowest BCUT2D eigenvalue weighted by Crippen LogP contribution is -2.29. The van der Waals surface area contributed by atoms with Crippen LogP contribution in [0.2, 0.25) is 0 Å². The maximum Gasteiger partial charge on any atom is 0.233 e. The molecule has 0 aliphatic carbocycles. The quantitative estimate of drug-likeness (QED) is 0.298. The molecular formula is C12H25N3O. The van der Waals surface area contributed by atoms with E-state index in [2.05, 4.69) is 17.2 Å². The van der Waals surface area contributed by atoms with Gasteiger partial charge in [-0.25, -0.2) is 5.84 Å². The third-order valence-electron chi connectivity index (χ3n) is 3.49. The van der Waals surface area contributed by atoms with Crippen LogP contribution < -0.4 is 11.3 Å². The molecule has 1 atom stereocenters. The predicted molar refractivity (Wildman–Crippen MR) is 65.6 cm³/mol. The highest BCUT2D eigenvalue weighted by Crippen LogP contribution is 2.19. The number of likely N-dealkylation sites (tertiary alicyclic amines) is 1. The Labute approximate surface area is 98.5 Å². The second-order valence-electron chi connectivity index (χ2n) is 4.74. The summed E-state index contributed by atoms with van der Waals surface area (Å²) in [7, 11) is 0. The van der Waals surface area contributed by atoms with E-state index >= 15 is 0 Å². The van der Waals surface area contributed by atoms with Crippen LogP contribution in [-0.4, -0.2) is 30.4 Å². The van der Waals surface area contributed by atoms with Crippen molar-refractivity contribution in [2.24, 2.45) is 11.8 Å². The van der Waals surface area contributed by atoms with Crippen molar-refractivity contribution < 1.29 is 4.79 Å². The summed E-state index contributed by atoms with van der Waals surface area (Å²) in [5, 5.41) is 0. The van der Waals surface area contributed by atoms with Crippen molar-refractivity contribution in [3.05, 3.63) is 0 Å². The van der Waals surface area contributed by atoms with Crippen molar-refractivity contribution in [3.63, 3.8) is 0 Å². The number of hydrogen-bond acceptors (Lipinski definition) is 3. The number of nitrogens with one attached hydrogen (secondary N) is 1. The van der Waals surface area contributed by atoms with Crippen LogP contribution in [0.25, 0.3) is 0 Å². The number of nitrogens with two attached hydrogens (primary N) is 1. The van der Waals surface area contributed by atoms with Crippen LogP contribution in [0, 0.1) is 5.92 Å². The first-order valence-electron chi connectivity index (χ1n) is 6.48. The predicted octanol–water partition coefficient (Wildman–Crippen LogP) is 1.27. The molecule has 16 heavy (non-hydrogen) atoms. The van der Waals surface area contributed by atoms with Crippen molar-refractivity contribution >= 4 is 5.91 Å². The Kier molecular flexibility index (Phi) is 6.42. The maximum atomic E-state index is 10.9. The number of hydrogen-bond donors (Lipinski definition) is 2. The lowest BCUT2D eigenvalue weighted by Gasteiger charge is -2.15. The Morgan fingerprint density at radius 2 is 2.25 bits per heavy atom. The summed E-state index contributed by atoms with van der Waals surface area (Å²) in [4.78, 5) is 13.4. The Bertz CT molecular complexity index is 208. The Morgan fingerprint density at radius 3 is 2.88 bits per heavy atom. The number of nitrogens with zero attached hydrogens (tertiary/aromatic N) is 1. The molecule has 1 fully saturated rings. The van der Waals surface area contributed by atoms with E-state index in [1.165, 1.54) is 38.9 Å². The van der Waals surface area contributed by atoms with E-state index in [0.717, 1.165) is 18.8 Å². The smallest absolute Gasteiger partial charge is 0.233 e. The zero-order chi connectivity index (χ0) is 11.8. The van der Waals surface area contributed by atoms with Crippen molar-refractivity contribution in [1.29, 1.82) is 0 Å². The minimum atomic E-state index is -0.0489. The van der Waals surface area contributed by atoms with Crippen molar-refractivity contribution in [1.82, 2.24) is 10.3 Å². The van der Waals surface area contributed by atoms with E-state index in [0.29, 0.717) is 6.42 Å². The van der Waals surface area contributed by atoms with Crippen LogP contribution in [0.5, 0.6) is 0 Å². The van der Waals surface area contributed by atoms with E-state index in [9.17, 15) is 4.79 Å². The van der Waals surface area contributed by atoms with Gasteiger partial charge >= 0.3 is 0 Å². The van der Waals surface area contributed by atoms with Crippen LogP contribution in [0.3, 0.4) is 0 Å². The molecule has 0 radical (unpaired) electrons. The standard InChI is InChI=1S/C12H25N3O/c1-2-11-7-9-15(10-11)8-5-3-4-6-12(16)14-13/h11H,2-10,13H2,1H3,(H,14,16). The number of unbranched alkanes of at least 4 members (excludes halogenated alkanes) is 2. The molecule has 1 aliphatic heterocycles. The van der Waals surface area contributed by atoms with Crippen LogP contribution in [-0.2, 0) is 4.79 Å². The van der Waals surface area contributed by atoms with Crippen molar-refractivity contribution in [2.75, 3.05) is 19.6 Å². The van der Waals surface area contributed by atoms with Crippen LogP contribution in [0.4, 0.5) is 0 Å². The molecule has 1 aliphatic rings. The second-order valence-corrected chi connectivity index (χ2v) is 4.74. The Hall–Kier alpha value is -0.610. The molecule has 1 unspecified atom stereocenters. The third-order valence-corrected chi connectivity index (χ3v) is 3.49. The molecule has 0 spiro atoms. The Morgan fingerprint density at radius 1 is 1.44 bits per heavy atom. The zero-order valence-electron chi connectivity index (χ0n) is 10.4. The van der Waals surface area contributed by atoms with E-state index in [1.807, 2.05) is 0 Å².